The molecule has 0 amide bonds. The lowest BCUT2D eigenvalue weighted by Gasteiger charge is -2.15. The summed E-state index contributed by atoms with van der Waals surface area (Å²) in [6.07, 6.45) is 5.79. The van der Waals surface area contributed by atoms with Crippen molar-refractivity contribution in [3.8, 4) is 0 Å². The third-order valence-corrected chi connectivity index (χ3v) is 3.41. The Labute approximate surface area is 128 Å². The van der Waals surface area contributed by atoms with Crippen LogP contribution in [0.5, 0.6) is 0 Å². The van der Waals surface area contributed by atoms with Gasteiger partial charge in [-0.15, -0.1) is 0 Å². The zero-order chi connectivity index (χ0) is 16.1. The molecule has 2 rings (SSSR count). The van der Waals surface area contributed by atoms with Crippen LogP contribution in [0.4, 0.5) is 11.5 Å². The Morgan fingerprint density at radius 1 is 1.55 bits per heavy atom. The zero-order valence-corrected chi connectivity index (χ0v) is 12.6. The predicted octanol–water partition coefficient (Wildman–Crippen LogP) is 1.29. The second kappa shape index (κ2) is 6.99. The van der Waals surface area contributed by atoms with Crippen LogP contribution < -0.4 is 5.32 Å². The van der Waals surface area contributed by atoms with E-state index in [1.165, 1.54) is 6.20 Å². The van der Waals surface area contributed by atoms with Gasteiger partial charge in [-0.3, -0.25) is 14.8 Å². The summed E-state index contributed by atoms with van der Waals surface area (Å²) in [7, 11) is 1.83. The van der Waals surface area contributed by atoms with Crippen LogP contribution in [0.25, 0.3) is 0 Å². The van der Waals surface area contributed by atoms with E-state index in [0.29, 0.717) is 18.5 Å². The van der Waals surface area contributed by atoms with Gasteiger partial charge in [-0.2, -0.15) is 5.10 Å². The molecular formula is C14H19N5O3. The summed E-state index contributed by atoms with van der Waals surface area (Å²) in [4.78, 5) is 14.7. The Kier molecular flexibility index (Phi) is 5.05. The number of nitro groups is 1. The number of pyridine rings is 1. The van der Waals surface area contributed by atoms with Crippen molar-refractivity contribution in [3.63, 3.8) is 0 Å². The fraction of sp³-hybridized carbons (Fsp3) is 0.429. The number of aliphatic hydroxyl groups is 1. The van der Waals surface area contributed by atoms with E-state index in [-0.39, 0.29) is 24.0 Å². The highest BCUT2D eigenvalue weighted by Gasteiger charge is 2.19. The van der Waals surface area contributed by atoms with Crippen molar-refractivity contribution in [2.75, 3.05) is 18.5 Å². The summed E-state index contributed by atoms with van der Waals surface area (Å²) >= 11 is 0. The van der Waals surface area contributed by atoms with Crippen LogP contribution in [0.1, 0.15) is 11.1 Å². The van der Waals surface area contributed by atoms with Crippen LogP contribution >= 0.6 is 0 Å². The van der Waals surface area contributed by atoms with Crippen LogP contribution in [-0.2, 0) is 13.5 Å². The van der Waals surface area contributed by atoms with Gasteiger partial charge >= 0.3 is 5.69 Å². The van der Waals surface area contributed by atoms with Crippen LogP contribution in [-0.4, -0.2) is 37.9 Å². The van der Waals surface area contributed by atoms with E-state index in [1.54, 1.807) is 23.9 Å². The van der Waals surface area contributed by atoms with Gasteiger partial charge in [-0.1, -0.05) is 0 Å². The van der Waals surface area contributed by atoms with Crippen molar-refractivity contribution in [3.05, 3.63) is 45.9 Å². The van der Waals surface area contributed by atoms with E-state index in [2.05, 4.69) is 15.4 Å². The molecular weight excluding hydrogens is 286 g/mol. The smallest absolute Gasteiger partial charge is 0.314 e. The molecule has 0 bridgehead atoms. The number of nitrogens with zero attached hydrogens (tertiary/aromatic N) is 4. The maximum Gasteiger partial charge on any atom is 0.314 e. The van der Waals surface area contributed by atoms with Crippen molar-refractivity contribution in [1.29, 1.82) is 0 Å². The van der Waals surface area contributed by atoms with Gasteiger partial charge in [-0.05, 0) is 25.0 Å². The van der Waals surface area contributed by atoms with Crippen LogP contribution in [0.2, 0.25) is 0 Å². The van der Waals surface area contributed by atoms with Crippen molar-refractivity contribution < 1.29 is 10.0 Å². The fourth-order valence-corrected chi connectivity index (χ4v) is 2.26. The van der Waals surface area contributed by atoms with Crippen molar-refractivity contribution in [2.45, 2.75) is 13.3 Å². The molecule has 0 spiro atoms. The molecule has 8 heteroatoms. The second-order valence-corrected chi connectivity index (χ2v) is 5.24. The number of nitrogens with one attached hydrogen (secondary N) is 1. The molecule has 0 saturated heterocycles. The van der Waals surface area contributed by atoms with E-state index in [4.69, 9.17) is 0 Å². The van der Waals surface area contributed by atoms with Gasteiger partial charge in [0, 0.05) is 44.1 Å². The Morgan fingerprint density at radius 2 is 2.32 bits per heavy atom. The molecule has 0 saturated carbocycles. The number of anilines is 1. The lowest BCUT2D eigenvalue weighted by molar-refractivity contribution is -0.384. The molecule has 22 heavy (non-hydrogen) atoms. The van der Waals surface area contributed by atoms with Gasteiger partial charge < -0.3 is 10.4 Å². The monoisotopic (exact) mass is 305 g/mol. The first-order valence-electron chi connectivity index (χ1n) is 6.93. The number of hydrogen-bond donors (Lipinski definition) is 2. The first-order valence-corrected chi connectivity index (χ1v) is 6.93. The van der Waals surface area contributed by atoms with Crippen LogP contribution in [0.3, 0.4) is 0 Å². The third-order valence-electron chi connectivity index (χ3n) is 3.41. The van der Waals surface area contributed by atoms with E-state index in [1.807, 2.05) is 13.2 Å². The minimum Gasteiger partial charge on any atom is -0.396 e. The van der Waals surface area contributed by atoms with Crippen LogP contribution in [0, 0.1) is 23.0 Å². The average molecular weight is 305 g/mol. The fourth-order valence-electron chi connectivity index (χ4n) is 2.26. The molecule has 0 unspecified atom stereocenters. The lowest BCUT2D eigenvalue weighted by atomic mass is 10.0. The largest absolute Gasteiger partial charge is 0.396 e. The zero-order valence-electron chi connectivity index (χ0n) is 12.6. The predicted molar refractivity (Wildman–Crippen MR) is 81.6 cm³/mol. The first kappa shape index (κ1) is 15.9. The molecule has 118 valence electrons. The van der Waals surface area contributed by atoms with Gasteiger partial charge in [0.15, 0.2) is 0 Å². The van der Waals surface area contributed by atoms with E-state index < -0.39 is 4.92 Å². The van der Waals surface area contributed by atoms with Gasteiger partial charge in [0.05, 0.1) is 11.1 Å². The van der Waals surface area contributed by atoms with Gasteiger partial charge in [-0.25, -0.2) is 4.98 Å². The Hall–Kier alpha value is -2.48. The Balaban J connectivity index is 2.04. The van der Waals surface area contributed by atoms with Gasteiger partial charge in [0.2, 0.25) is 5.82 Å². The van der Waals surface area contributed by atoms with Crippen LogP contribution in [0.15, 0.2) is 24.7 Å². The van der Waals surface area contributed by atoms with Crippen molar-refractivity contribution in [2.24, 2.45) is 13.0 Å². The molecule has 0 aliphatic rings. The van der Waals surface area contributed by atoms with E-state index >= 15 is 0 Å². The molecule has 2 aromatic rings. The molecule has 2 N–H and O–H groups in total. The highest BCUT2D eigenvalue weighted by Crippen LogP contribution is 2.25. The van der Waals surface area contributed by atoms with Gasteiger partial charge in [0.1, 0.15) is 0 Å². The molecule has 0 radical (unpaired) electrons. The number of aromatic nitrogens is 3. The van der Waals surface area contributed by atoms with Gasteiger partial charge in [0.25, 0.3) is 0 Å². The Morgan fingerprint density at radius 3 is 2.91 bits per heavy atom. The molecule has 1 atom stereocenters. The molecule has 2 aromatic heterocycles. The standard InChI is InChI=1S/C14H19N5O3/c1-10-3-4-15-14(13(10)19(21)22)16-6-12(9-20)5-11-7-17-18(2)8-11/h3-4,7-8,12,20H,5-6,9H2,1-2H3,(H,15,16)/t12-/m0/s1. The quantitative estimate of drug-likeness (QED) is 0.590. The SMILES string of the molecule is Cc1ccnc(NC[C@@H](CO)Cc2cnn(C)c2)c1[N+](=O)[O-]. The maximum absolute atomic E-state index is 11.1. The Bertz CT molecular complexity index is 656. The molecule has 0 aromatic carbocycles. The molecule has 2 heterocycles. The number of rotatable bonds is 7. The summed E-state index contributed by atoms with van der Waals surface area (Å²) in [6, 6.07) is 1.60. The molecule has 0 aliphatic heterocycles. The average Bonchev–Trinajstić information content (AvgIpc) is 2.88. The third kappa shape index (κ3) is 3.79. The normalized spacial score (nSPS) is 12.1. The minimum absolute atomic E-state index is 0.0263. The van der Waals surface area contributed by atoms with E-state index in [9.17, 15) is 15.2 Å². The minimum atomic E-state index is -0.445. The van der Waals surface area contributed by atoms with E-state index in [0.717, 1.165) is 5.56 Å². The highest BCUT2D eigenvalue weighted by molar-refractivity contribution is 5.59. The summed E-state index contributed by atoms with van der Waals surface area (Å²) in [5.74, 6) is 0.153. The summed E-state index contributed by atoms with van der Waals surface area (Å²) in [5, 5.41) is 27.7. The topological polar surface area (TPSA) is 106 Å². The summed E-state index contributed by atoms with van der Waals surface area (Å²) < 4.78 is 1.70. The maximum atomic E-state index is 11.1. The number of aryl methyl sites for hydroxylation is 2. The summed E-state index contributed by atoms with van der Waals surface area (Å²) in [6.45, 7) is 2.04. The summed E-state index contributed by atoms with van der Waals surface area (Å²) in [5.41, 5.74) is 1.53. The number of hydrogen-bond acceptors (Lipinski definition) is 6. The van der Waals surface area contributed by atoms with Crippen molar-refractivity contribution >= 4 is 11.5 Å². The number of aliphatic hydroxyl groups excluding tert-OH is 1. The van der Waals surface area contributed by atoms with Crippen molar-refractivity contribution in [1.82, 2.24) is 14.8 Å². The first-order chi connectivity index (χ1) is 10.5. The molecule has 0 aliphatic carbocycles. The lowest BCUT2D eigenvalue weighted by Crippen LogP contribution is -2.21. The second-order valence-electron chi connectivity index (χ2n) is 5.24. The highest BCUT2D eigenvalue weighted by atomic mass is 16.6. The molecule has 0 fully saturated rings. The molecule has 8 nitrogen and oxygen atoms in total.